The third kappa shape index (κ3) is 7.71. The number of sulfonamides is 1. The summed E-state index contributed by atoms with van der Waals surface area (Å²) in [7, 11) is -3.66. The highest BCUT2D eigenvalue weighted by atomic mass is 35.5. The van der Waals surface area contributed by atoms with E-state index in [1.54, 1.807) is 30.3 Å². The molecule has 2 amide bonds. The van der Waals surface area contributed by atoms with Crippen molar-refractivity contribution in [2.24, 2.45) is 0 Å². The summed E-state index contributed by atoms with van der Waals surface area (Å²) >= 11 is 12.2. The Balaban J connectivity index is 1.61. The summed E-state index contributed by atoms with van der Waals surface area (Å²) < 4.78 is 25.8. The van der Waals surface area contributed by atoms with Crippen molar-refractivity contribution in [3.63, 3.8) is 0 Å². The molecule has 0 spiro atoms. The normalized spacial score (nSPS) is 11.1. The molecule has 184 valence electrons. The maximum Gasteiger partial charge on any atom is 0.253 e. The molecule has 0 aliphatic rings. The average Bonchev–Trinajstić information content (AvgIpc) is 2.82. The summed E-state index contributed by atoms with van der Waals surface area (Å²) in [6, 6.07) is 20.7. The molecule has 0 aromatic heterocycles. The second-order valence-electron chi connectivity index (χ2n) is 7.80. The van der Waals surface area contributed by atoms with Crippen LogP contribution in [0.3, 0.4) is 0 Å². The minimum absolute atomic E-state index is 0.0319. The van der Waals surface area contributed by atoms with E-state index >= 15 is 0 Å². The van der Waals surface area contributed by atoms with Crippen molar-refractivity contribution in [2.45, 2.75) is 19.4 Å². The zero-order chi connectivity index (χ0) is 25.4. The molecular formula is C25H25Cl2N3O4S. The van der Waals surface area contributed by atoms with Crippen molar-refractivity contribution in [2.75, 3.05) is 22.4 Å². The van der Waals surface area contributed by atoms with Crippen molar-refractivity contribution < 1.29 is 18.0 Å². The molecule has 2 N–H and O–H groups in total. The van der Waals surface area contributed by atoms with Gasteiger partial charge in [0.05, 0.1) is 28.2 Å². The standard InChI is InChI=1S/C25H25Cl2N3O4S/c1-35(33,34)30(23-16-19(26)13-14-21(23)27)15-7-12-24(31)29-22-11-6-5-10-20(22)25(32)28-17-18-8-3-2-4-9-18/h2-6,8-11,13-14,16H,7,12,15,17H2,1H3,(H,28,32)(H,29,31). The topological polar surface area (TPSA) is 95.6 Å². The summed E-state index contributed by atoms with van der Waals surface area (Å²) in [5, 5.41) is 6.17. The molecule has 0 fully saturated rings. The van der Waals surface area contributed by atoms with Gasteiger partial charge in [0, 0.05) is 24.5 Å². The Morgan fingerprint density at radius 2 is 1.63 bits per heavy atom. The predicted molar refractivity (Wildman–Crippen MR) is 141 cm³/mol. The van der Waals surface area contributed by atoms with Crippen LogP contribution in [0.2, 0.25) is 10.0 Å². The molecule has 0 saturated carbocycles. The van der Waals surface area contributed by atoms with Crippen molar-refractivity contribution >= 4 is 56.4 Å². The Kier molecular flexibility index (Phi) is 9.14. The highest BCUT2D eigenvalue weighted by molar-refractivity contribution is 7.92. The quantitative estimate of drug-likeness (QED) is 0.378. The van der Waals surface area contributed by atoms with E-state index in [0.717, 1.165) is 16.1 Å². The lowest BCUT2D eigenvalue weighted by atomic mass is 10.1. The van der Waals surface area contributed by atoms with E-state index < -0.39 is 10.0 Å². The van der Waals surface area contributed by atoms with Crippen LogP contribution in [-0.2, 0) is 21.4 Å². The number of hydrogen-bond acceptors (Lipinski definition) is 4. The van der Waals surface area contributed by atoms with Gasteiger partial charge < -0.3 is 10.6 Å². The molecular weight excluding hydrogens is 509 g/mol. The van der Waals surface area contributed by atoms with Crippen LogP contribution in [-0.4, -0.2) is 33.0 Å². The molecule has 0 saturated heterocycles. The number of benzene rings is 3. The number of carbonyl (C=O) groups excluding carboxylic acids is 2. The average molecular weight is 534 g/mol. The van der Waals surface area contributed by atoms with Gasteiger partial charge >= 0.3 is 0 Å². The molecule has 0 radical (unpaired) electrons. The fraction of sp³-hybridized carbons (Fsp3) is 0.200. The molecule has 3 rings (SSSR count). The molecule has 0 aliphatic heterocycles. The highest BCUT2D eigenvalue weighted by Gasteiger charge is 2.21. The van der Waals surface area contributed by atoms with Crippen LogP contribution in [0, 0.1) is 0 Å². The molecule has 3 aromatic carbocycles. The smallest absolute Gasteiger partial charge is 0.253 e. The van der Waals surface area contributed by atoms with Gasteiger partial charge in [-0.2, -0.15) is 0 Å². The molecule has 10 heteroatoms. The number of anilines is 2. The van der Waals surface area contributed by atoms with Crippen molar-refractivity contribution in [3.05, 3.63) is 94.0 Å². The first-order valence-corrected chi connectivity index (χ1v) is 13.4. The van der Waals surface area contributed by atoms with E-state index in [4.69, 9.17) is 23.2 Å². The molecule has 0 bridgehead atoms. The fourth-order valence-corrected chi connectivity index (χ4v) is 4.81. The van der Waals surface area contributed by atoms with Gasteiger partial charge in [0.1, 0.15) is 0 Å². The first-order chi connectivity index (χ1) is 16.6. The van der Waals surface area contributed by atoms with E-state index in [1.165, 1.54) is 12.1 Å². The number of carbonyl (C=O) groups is 2. The second-order valence-corrected chi connectivity index (χ2v) is 10.5. The molecule has 0 heterocycles. The van der Waals surface area contributed by atoms with Crippen LogP contribution >= 0.6 is 23.2 Å². The number of rotatable bonds is 10. The number of halogens is 2. The van der Waals surface area contributed by atoms with Gasteiger partial charge in [0.25, 0.3) is 5.91 Å². The van der Waals surface area contributed by atoms with Crippen molar-refractivity contribution in [1.82, 2.24) is 5.32 Å². The lowest BCUT2D eigenvalue weighted by Gasteiger charge is -2.23. The number of nitrogens with zero attached hydrogens (tertiary/aromatic N) is 1. The van der Waals surface area contributed by atoms with Gasteiger partial charge in [-0.05, 0) is 42.3 Å². The van der Waals surface area contributed by atoms with Gasteiger partial charge in [-0.25, -0.2) is 8.42 Å². The Morgan fingerprint density at radius 1 is 0.943 bits per heavy atom. The van der Waals surface area contributed by atoms with Crippen molar-refractivity contribution in [1.29, 1.82) is 0 Å². The third-order valence-corrected chi connectivity index (χ3v) is 6.82. The zero-order valence-electron chi connectivity index (χ0n) is 19.0. The first kappa shape index (κ1) is 26.5. The summed E-state index contributed by atoms with van der Waals surface area (Å²) in [6.45, 7) is 0.390. The lowest BCUT2D eigenvalue weighted by molar-refractivity contribution is -0.116. The summed E-state index contributed by atoms with van der Waals surface area (Å²) in [6.07, 6.45) is 1.32. The van der Waals surface area contributed by atoms with Gasteiger partial charge in [0.2, 0.25) is 15.9 Å². The fourth-order valence-electron chi connectivity index (χ4n) is 3.40. The predicted octanol–water partition coefficient (Wildman–Crippen LogP) is 5.11. The molecule has 0 atom stereocenters. The van der Waals surface area contributed by atoms with E-state index in [-0.39, 0.29) is 41.9 Å². The van der Waals surface area contributed by atoms with E-state index in [2.05, 4.69) is 10.6 Å². The summed E-state index contributed by atoms with van der Waals surface area (Å²) in [5.41, 5.74) is 1.92. The number of hydrogen-bond donors (Lipinski definition) is 2. The Morgan fingerprint density at radius 3 is 2.34 bits per heavy atom. The van der Waals surface area contributed by atoms with Gasteiger partial charge in [0.15, 0.2) is 0 Å². The molecule has 35 heavy (non-hydrogen) atoms. The zero-order valence-corrected chi connectivity index (χ0v) is 21.3. The van der Waals surface area contributed by atoms with Crippen LogP contribution < -0.4 is 14.9 Å². The summed E-state index contributed by atoms with van der Waals surface area (Å²) in [5.74, 6) is -0.664. The van der Waals surface area contributed by atoms with Gasteiger partial charge in [-0.15, -0.1) is 0 Å². The molecule has 7 nitrogen and oxygen atoms in total. The van der Waals surface area contributed by atoms with Crippen LogP contribution in [0.15, 0.2) is 72.8 Å². The Bertz CT molecular complexity index is 1300. The van der Waals surface area contributed by atoms with Gasteiger partial charge in [-0.1, -0.05) is 65.7 Å². The molecule has 3 aromatic rings. The van der Waals surface area contributed by atoms with Gasteiger partial charge in [-0.3, -0.25) is 13.9 Å². The number of para-hydroxylation sites is 1. The number of nitrogens with one attached hydrogen (secondary N) is 2. The lowest BCUT2D eigenvalue weighted by Crippen LogP contribution is -2.31. The van der Waals surface area contributed by atoms with Crippen LogP contribution in [0.4, 0.5) is 11.4 Å². The van der Waals surface area contributed by atoms with Crippen molar-refractivity contribution in [3.8, 4) is 0 Å². The van der Waals surface area contributed by atoms with E-state index in [1.807, 2.05) is 30.3 Å². The van der Waals surface area contributed by atoms with Crippen LogP contribution in [0.1, 0.15) is 28.8 Å². The minimum Gasteiger partial charge on any atom is -0.348 e. The van der Waals surface area contributed by atoms with E-state index in [9.17, 15) is 18.0 Å². The largest absolute Gasteiger partial charge is 0.348 e. The SMILES string of the molecule is CS(=O)(=O)N(CCCC(=O)Nc1ccccc1C(=O)NCc1ccccc1)c1cc(Cl)ccc1Cl. The maximum absolute atomic E-state index is 12.7. The number of amides is 2. The summed E-state index contributed by atoms with van der Waals surface area (Å²) in [4.78, 5) is 25.3. The third-order valence-electron chi connectivity index (χ3n) is 5.08. The first-order valence-electron chi connectivity index (χ1n) is 10.8. The Labute approximate surface area is 215 Å². The monoisotopic (exact) mass is 533 g/mol. The molecule has 0 unspecified atom stereocenters. The molecule has 0 aliphatic carbocycles. The van der Waals surface area contributed by atoms with Crippen LogP contribution in [0.5, 0.6) is 0 Å². The second kappa shape index (κ2) is 12.1. The highest BCUT2D eigenvalue weighted by Crippen LogP contribution is 2.31. The van der Waals surface area contributed by atoms with Crippen LogP contribution in [0.25, 0.3) is 0 Å². The van der Waals surface area contributed by atoms with E-state index in [0.29, 0.717) is 22.8 Å². The maximum atomic E-state index is 12.7. The Hall–Kier alpha value is -3.07. The minimum atomic E-state index is -3.66.